The molecule has 0 unspecified atom stereocenters. The lowest BCUT2D eigenvalue weighted by molar-refractivity contribution is -0.148. The Kier molecular flexibility index (Phi) is 18.9. The first-order chi connectivity index (χ1) is 18.1. The molecule has 0 heterocycles. The number of amides is 4. The highest BCUT2D eigenvalue weighted by Crippen LogP contribution is 2.38. The van der Waals surface area contributed by atoms with Gasteiger partial charge in [-0.2, -0.15) is 0 Å². The molecule has 0 saturated carbocycles. The van der Waals surface area contributed by atoms with E-state index in [2.05, 4.69) is 41.5 Å². The Labute approximate surface area is 232 Å². The average Bonchev–Trinajstić information content (AvgIpc) is 2.92. The fourth-order valence-electron chi connectivity index (χ4n) is 5.37. The van der Waals surface area contributed by atoms with Crippen LogP contribution in [0.5, 0.6) is 0 Å². The number of hydrogen-bond acceptors (Lipinski definition) is 5. The molecule has 0 aromatic carbocycles. The highest BCUT2D eigenvalue weighted by Gasteiger charge is 2.30. The number of hydrogen-bond donors (Lipinski definition) is 2. The molecule has 0 atom stereocenters. The summed E-state index contributed by atoms with van der Waals surface area (Å²) in [4.78, 5) is 61.4. The first kappa shape index (κ1) is 35.9. The molecule has 220 valence electrons. The summed E-state index contributed by atoms with van der Waals surface area (Å²) in [6.07, 6.45) is 16.6. The van der Waals surface area contributed by atoms with Crippen LogP contribution in [0.2, 0.25) is 0 Å². The Morgan fingerprint density at radius 3 is 1.11 bits per heavy atom. The van der Waals surface area contributed by atoms with Gasteiger partial charge in [-0.05, 0) is 36.5 Å². The smallest absolute Gasteiger partial charge is 0.289 e. The van der Waals surface area contributed by atoms with E-state index >= 15 is 0 Å². The van der Waals surface area contributed by atoms with Crippen LogP contribution in [0.25, 0.3) is 0 Å². The molecule has 0 aromatic rings. The summed E-state index contributed by atoms with van der Waals surface area (Å²) < 4.78 is 0. The van der Waals surface area contributed by atoms with Gasteiger partial charge in [0.05, 0.1) is 0 Å². The van der Waals surface area contributed by atoms with E-state index < -0.39 is 29.4 Å². The van der Waals surface area contributed by atoms with E-state index in [1.165, 1.54) is 38.5 Å². The highest BCUT2D eigenvalue weighted by atomic mass is 16.2. The van der Waals surface area contributed by atoms with E-state index in [1.807, 2.05) is 10.6 Å². The number of Topliss-reactive ketones (excluding diaryl/α,β-unsaturated/α-hetero) is 1. The zero-order chi connectivity index (χ0) is 29.0. The number of carbonyl (C=O) groups is 5. The maximum Gasteiger partial charge on any atom is 0.308 e. The van der Waals surface area contributed by atoms with Crippen molar-refractivity contribution in [2.45, 2.75) is 157 Å². The van der Waals surface area contributed by atoms with Crippen LogP contribution in [-0.2, 0) is 24.0 Å². The molecule has 0 rings (SSSR count). The molecule has 4 amide bonds. The molecule has 38 heavy (non-hydrogen) atoms. The zero-order valence-corrected chi connectivity index (χ0v) is 25.3. The minimum atomic E-state index is -1.42. The summed E-state index contributed by atoms with van der Waals surface area (Å²) in [7, 11) is 0. The van der Waals surface area contributed by atoms with E-state index in [0.717, 1.165) is 51.4 Å². The maximum absolute atomic E-state index is 12.4. The van der Waals surface area contributed by atoms with E-state index in [0.29, 0.717) is 12.8 Å². The van der Waals surface area contributed by atoms with Crippen molar-refractivity contribution in [3.05, 3.63) is 0 Å². The third-order valence-electron chi connectivity index (χ3n) is 8.80. The third kappa shape index (κ3) is 13.7. The van der Waals surface area contributed by atoms with Crippen molar-refractivity contribution in [2.24, 2.45) is 10.8 Å². The molecule has 2 N–H and O–H groups in total. The average molecular weight is 537 g/mol. The van der Waals surface area contributed by atoms with Gasteiger partial charge in [0.15, 0.2) is 0 Å². The fourth-order valence-corrected chi connectivity index (χ4v) is 5.37. The van der Waals surface area contributed by atoms with Crippen LogP contribution in [0.4, 0.5) is 0 Å². The van der Waals surface area contributed by atoms with E-state index in [4.69, 9.17) is 0 Å². The standard InChI is InChI=1S/C31H56N2O5/c1-7-13-15-17-21-30(9-3,10-4)23-19-25(34)32-28(37)27(36)29(38)33-26(35)20-24-31(11-5,12-6)22-18-16-14-8-2/h7-24H2,1-6H3,(H,32,34,37)(H,33,35,38). The van der Waals surface area contributed by atoms with Crippen molar-refractivity contribution in [1.82, 2.24) is 10.6 Å². The highest BCUT2D eigenvalue weighted by molar-refractivity contribution is 6.64. The van der Waals surface area contributed by atoms with Gasteiger partial charge in [0.2, 0.25) is 11.8 Å². The van der Waals surface area contributed by atoms with Crippen molar-refractivity contribution >= 4 is 29.4 Å². The van der Waals surface area contributed by atoms with Crippen LogP contribution >= 0.6 is 0 Å². The molecule has 7 nitrogen and oxygen atoms in total. The second kappa shape index (κ2) is 19.9. The molecule has 0 bridgehead atoms. The third-order valence-corrected chi connectivity index (χ3v) is 8.80. The molecular weight excluding hydrogens is 480 g/mol. The lowest BCUT2D eigenvalue weighted by Gasteiger charge is -2.32. The van der Waals surface area contributed by atoms with Gasteiger partial charge in [0.1, 0.15) is 0 Å². The molecule has 0 spiro atoms. The summed E-state index contributed by atoms with van der Waals surface area (Å²) in [6, 6.07) is 0. The van der Waals surface area contributed by atoms with Crippen molar-refractivity contribution in [1.29, 1.82) is 0 Å². The Morgan fingerprint density at radius 2 is 0.816 bits per heavy atom. The van der Waals surface area contributed by atoms with Gasteiger partial charge in [0.25, 0.3) is 0 Å². The van der Waals surface area contributed by atoms with Gasteiger partial charge < -0.3 is 0 Å². The van der Waals surface area contributed by atoms with Gasteiger partial charge >= 0.3 is 17.6 Å². The number of nitrogens with one attached hydrogen (secondary N) is 2. The summed E-state index contributed by atoms with van der Waals surface area (Å²) in [6.45, 7) is 12.8. The molecule has 0 saturated heterocycles. The fraction of sp³-hybridized carbons (Fsp3) is 0.839. The summed E-state index contributed by atoms with van der Waals surface area (Å²) in [5.41, 5.74) is 0.0638. The lowest BCUT2D eigenvalue weighted by Crippen LogP contribution is -2.46. The monoisotopic (exact) mass is 536 g/mol. The summed E-state index contributed by atoms with van der Waals surface area (Å²) in [5, 5.41) is 4.08. The molecule has 0 aromatic heterocycles. The van der Waals surface area contributed by atoms with Crippen LogP contribution in [0.1, 0.15) is 157 Å². The Hall–Kier alpha value is -2.05. The molecule has 0 aliphatic carbocycles. The first-order valence-corrected chi connectivity index (χ1v) is 15.3. The molecule has 0 aliphatic heterocycles. The van der Waals surface area contributed by atoms with Crippen molar-refractivity contribution in [3.8, 4) is 0 Å². The van der Waals surface area contributed by atoms with Crippen LogP contribution in [0.3, 0.4) is 0 Å². The van der Waals surface area contributed by atoms with Crippen LogP contribution in [-0.4, -0.2) is 29.4 Å². The van der Waals surface area contributed by atoms with Crippen LogP contribution < -0.4 is 10.6 Å². The van der Waals surface area contributed by atoms with Gasteiger partial charge in [-0.1, -0.05) is 119 Å². The molecule has 0 radical (unpaired) electrons. The second-order valence-corrected chi connectivity index (χ2v) is 11.1. The molecular formula is C31H56N2O5. The first-order valence-electron chi connectivity index (χ1n) is 15.3. The van der Waals surface area contributed by atoms with Crippen LogP contribution in [0.15, 0.2) is 0 Å². The zero-order valence-electron chi connectivity index (χ0n) is 25.3. The number of imide groups is 2. The lowest BCUT2D eigenvalue weighted by atomic mass is 9.74. The van der Waals surface area contributed by atoms with Crippen molar-refractivity contribution in [3.63, 3.8) is 0 Å². The van der Waals surface area contributed by atoms with Crippen LogP contribution in [0, 0.1) is 10.8 Å². The van der Waals surface area contributed by atoms with E-state index in [9.17, 15) is 24.0 Å². The topological polar surface area (TPSA) is 109 Å². The largest absolute Gasteiger partial charge is 0.308 e. The second-order valence-electron chi connectivity index (χ2n) is 11.1. The van der Waals surface area contributed by atoms with E-state index in [-0.39, 0.29) is 23.7 Å². The summed E-state index contributed by atoms with van der Waals surface area (Å²) in [5.74, 6) is -5.12. The number of ketones is 1. The van der Waals surface area contributed by atoms with Gasteiger partial charge in [-0.15, -0.1) is 0 Å². The Bertz CT molecular complexity index is 679. The van der Waals surface area contributed by atoms with Gasteiger partial charge in [-0.3, -0.25) is 34.6 Å². The minimum absolute atomic E-state index is 0.0319. The number of rotatable bonds is 22. The molecule has 7 heteroatoms. The van der Waals surface area contributed by atoms with Crippen molar-refractivity contribution in [2.75, 3.05) is 0 Å². The molecule has 0 aliphatic rings. The summed E-state index contributed by atoms with van der Waals surface area (Å²) >= 11 is 0. The number of unbranched alkanes of at least 4 members (excludes halogenated alkanes) is 6. The van der Waals surface area contributed by atoms with Gasteiger partial charge in [0, 0.05) is 12.8 Å². The maximum atomic E-state index is 12.4. The number of carbonyl (C=O) groups excluding carboxylic acids is 5. The van der Waals surface area contributed by atoms with E-state index in [1.54, 1.807) is 0 Å². The Morgan fingerprint density at radius 1 is 0.474 bits per heavy atom. The predicted octanol–water partition coefficient (Wildman–Crippen LogP) is 6.96. The minimum Gasteiger partial charge on any atom is -0.289 e. The normalized spacial score (nSPS) is 11.7. The molecule has 0 fully saturated rings. The van der Waals surface area contributed by atoms with Crippen molar-refractivity contribution < 1.29 is 24.0 Å². The predicted molar refractivity (Wildman–Crippen MR) is 153 cm³/mol. The quantitative estimate of drug-likeness (QED) is 0.0883. The Balaban J connectivity index is 4.72. The SMILES string of the molecule is CCCCCCC(CC)(CC)CCC(=O)NC(=O)C(=O)C(=O)NC(=O)CCC(CC)(CC)CCCCCC. The van der Waals surface area contributed by atoms with Gasteiger partial charge in [-0.25, -0.2) is 0 Å².